The van der Waals surface area contributed by atoms with Gasteiger partial charge in [-0.25, -0.2) is 4.39 Å². The van der Waals surface area contributed by atoms with Gasteiger partial charge in [0.2, 0.25) is 6.79 Å². The number of hydrogen-bond donors (Lipinski definition) is 1. The van der Waals surface area contributed by atoms with Crippen LogP contribution in [0.1, 0.15) is 37.1 Å². The zero-order chi connectivity index (χ0) is 12.9. The van der Waals surface area contributed by atoms with Gasteiger partial charge in [-0.05, 0) is 37.5 Å². The number of aliphatic carboxylic acids is 1. The van der Waals surface area contributed by atoms with Crippen LogP contribution in [0.5, 0.6) is 11.5 Å². The van der Waals surface area contributed by atoms with E-state index in [1.54, 1.807) is 12.1 Å². The summed E-state index contributed by atoms with van der Waals surface area (Å²) in [6.45, 7) is 1.48. The van der Waals surface area contributed by atoms with Crippen LogP contribution in [0.2, 0.25) is 0 Å². The molecular formula is C13H13FO4. The van der Waals surface area contributed by atoms with Crippen molar-refractivity contribution in [2.45, 2.75) is 31.4 Å². The van der Waals surface area contributed by atoms with Gasteiger partial charge in [0.15, 0.2) is 11.5 Å². The van der Waals surface area contributed by atoms with Crippen molar-refractivity contribution in [3.8, 4) is 11.5 Å². The largest absolute Gasteiger partial charge is 0.481 e. The summed E-state index contributed by atoms with van der Waals surface area (Å²) in [7, 11) is 0. The first-order chi connectivity index (χ1) is 8.54. The molecule has 0 radical (unpaired) electrons. The molecule has 1 unspecified atom stereocenters. The van der Waals surface area contributed by atoms with Crippen LogP contribution in [0.25, 0.3) is 0 Å². The van der Waals surface area contributed by atoms with Gasteiger partial charge in [0.25, 0.3) is 0 Å². The molecule has 1 fully saturated rings. The minimum atomic E-state index is -1.16. The second-order valence-electron chi connectivity index (χ2n) is 4.81. The molecular weight excluding hydrogens is 239 g/mol. The third-order valence-corrected chi connectivity index (χ3v) is 3.63. The third kappa shape index (κ3) is 1.46. The van der Waals surface area contributed by atoms with Gasteiger partial charge in [-0.1, -0.05) is 0 Å². The van der Waals surface area contributed by atoms with Crippen LogP contribution in [0.4, 0.5) is 4.39 Å². The fraction of sp³-hybridized carbons (Fsp3) is 0.462. The van der Waals surface area contributed by atoms with Crippen molar-refractivity contribution < 1.29 is 23.8 Å². The summed E-state index contributed by atoms with van der Waals surface area (Å²) >= 11 is 0. The molecule has 0 spiro atoms. The summed E-state index contributed by atoms with van der Waals surface area (Å²) in [5, 5.41) is 9.33. The molecule has 0 aromatic heterocycles. The Labute approximate surface area is 103 Å². The Bertz CT molecular complexity index is 520. The Morgan fingerprint density at radius 3 is 2.72 bits per heavy atom. The van der Waals surface area contributed by atoms with Crippen LogP contribution in [0.3, 0.4) is 0 Å². The van der Waals surface area contributed by atoms with Crippen molar-refractivity contribution in [2.24, 2.45) is 0 Å². The molecule has 1 N–H and O–H groups in total. The van der Waals surface area contributed by atoms with Crippen LogP contribution in [0, 0.1) is 0 Å². The predicted octanol–water partition coefficient (Wildman–Crippen LogP) is 2.56. The first-order valence-electron chi connectivity index (χ1n) is 5.86. The number of carboxylic acid groups (broad SMARTS) is 1. The van der Waals surface area contributed by atoms with E-state index >= 15 is 0 Å². The van der Waals surface area contributed by atoms with Crippen molar-refractivity contribution in [1.82, 2.24) is 0 Å². The Morgan fingerprint density at radius 2 is 2.17 bits per heavy atom. The molecule has 18 heavy (non-hydrogen) atoms. The molecule has 96 valence electrons. The fourth-order valence-electron chi connectivity index (χ4n) is 2.34. The summed E-state index contributed by atoms with van der Waals surface area (Å²) in [4.78, 5) is 11.4. The van der Waals surface area contributed by atoms with E-state index in [4.69, 9.17) is 9.47 Å². The van der Waals surface area contributed by atoms with Crippen LogP contribution in [0.15, 0.2) is 12.1 Å². The Morgan fingerprint density at radius 1 is 1.44 bits per heavy atom. The summed E-state index contributed by atoms with van der Waals surface area (Å²) in [6, 6.07) is 3.17. The minimum Gasteiger partial charge on any atom is -0.481 e. The molecule has 1 aliphatic carbocycles. The molecule has 1 saturated carbocycles. The molecule has 0 saturated heterocycles. The molecule has 1 aliphatic heterocycles. The number of alkyl halides is 1. The molecule has 4 nitrogen and oxygen atoms in total. The maximum absolute atomic E-state index is 13.4. The van der Waals surface area contributed by atoms with Crippen LogP contribution in [-0.2, 0) is 10.2 Å². The van der Waals surface area contributed by atoms with Gasteiger partial charge in [-0.2, -0.15) is 0 Å². The number of benzene rings is 1. The SMILES string of the molecule is CC(F)c1cc2c(c(C3(C(=O)O)CC3)c1)OCO2. The van der Waals surface area contributed by atoms with Gasteiger partial charge >= 0.3 is 5.97 Å². The highest BCUT2D eigenvalue weighted by Crippen LogP contribution is 2.55. The molecule has 0 amide bonds. The Hall–Kier alpha value is -1.78. The van der Waals surface area contributed by atoms with Crippen molar-refractivity contribution in [3.63, 3.8) is 0 Å². The lowest BCUT2D eigenvalue weighted by Crippen LogP contribution is -2.20. The quantitative estimate of drug-likeness (QED) is 0.898. The second kappa shape index (κ2) is 3.60. The van der Waals surface area contributed by atoms with E-state index in [1.165, 1.54) is 6.92 Å². The number of carboxylic acids is 1. The first kappa shape index (κ1) is 11.3. The van der Waals surface area contributed by atoms with Gasteiger partial charge in [-0.15, -0.1) is 0 Å². The number of halogens is 1. The van der Waals surface area contributed by atoms with E-state index in [9.17, 15) is 14.3 Å². The van der Waals surface area contributed by atoms with Gasteiger partial charge in [-0.3, -0.25) is 4.79 Å². The molecule has 1 atom stereocenters. The zero-order valence-electron chi connectivity index (χ0n) is 9.90. The summed E-state index contributed by atoms with van der Waals surface area (Å²) < 4.78 is 24.0. The van der Waals surface area contributed by atoms with Crippen molar-refractivity contribution in [3.05, 3.63) is 23.3 Å². The topological polar surface area (TPSA) is 55.8 Å². The number of rotatable bonds is 3. The lowest BCUT2D eigenvalue weighted by atomic mass is 9.92. The predicted molar refractivity (Wildman–Crippen MR) is 60.6 cm³/mol. The van der Waals surface area contributed by atoms with Gasteiger partial charge < -0.3 is 14.6 Å². The number of fused-ring (bicyclic) bond motifs is 1. The normalized spacial score (nSPS) is 20.6. The van der Waals surface area contributed by atoms with Crippen LogP contribution < -0.4 is 9.47 Å². The second-order valence-corrected chi connectivity index (χ2v) is 4.81. The summed E-state index contributed by atoms with van der Waals surface area (Å²) in [5.74, 6) is 0.0164. The van der Waals surface area contributed by atoms with E-state index < -0.39 is 17.6 Å². The fourth-order valence-corrected chi connectivity index (χ4v) is 2.34. The van der Waals surface area contributed by atoms with Crippen molar-refractivity contribution in [2.75, 3.05) is 6.79 Å². The van der Waals surface area contributed by atoms with E-state index in [0.717, 1.165) is 0 Å². The Balaban J connectivity index is 2.16. The van der Waals surface area contributed by atoms with Gasteiger partial charge in [0, 0.05) is 5.56 Å². The summed E-state index contributed by atoms with van der Waals surface area (Å²) in [6.07, 6.45) is -0.0485. The molecule has 0 bridgehead atoms. The number of carbonyl (C=O) groups is 1. The van der Waals surface area contributed by atoms with Crippen molar-refractivity contribution in [1.29, 1.82) is 0 Å². The third-order valence-electron chi connectivity index (χ3n) is 3.63. The van der Waals surface area contributed by atoms with E-state index in [2.05, 4.69) is 0 Å². The van der Waals surface area contributed by atoms with E-state index in [1.807, 2.05) is 0 Å². The average Bonchev–Trinajstić information content (AvgIpc) is 3.00. The lowest BCUT2D eigenvalue weighted by Gasteiger charge is -2.15. The summed E-state index contributed by atoms with van der Waals surface area (Å²) in [5.41, 5.74) is 0.0640. The van der Waals surface area contributed by atoms with Crippen LogP contribution >= 0.6 is 0 Å². The molecule has 1 heterocycles. The number of hydrogen-bond acceptors (Lipinski definition) is 3. The monoisotopic (exact) mass is 252 g/mol. The smallest absolute Gasteiger partial charge is 0.314 e. The van der Waals surface area contributed by atoms with Gasteiger partial charge in [0.1, 0.15) is 6.17 Å². The lowest BCUT2D eigenvalue weighted by molar-refractivity contribution is -0.140. The highest BCUT2D eigenvalue weighted by molar-refractivity contribution is 5.86. The highest BCUT2D eigenvalue weighted by atomic mass is 19.1. The molecule has 2 aliphatic rings. The molecule has 1 aromatic rings. The van der Waals surface area contributed by atoms with E-state index in [-0.39, 0.29) is 6.79 Å². The molecule has 3 rings (SSSR count). The number of ether oxygens (including phenoxy) is 2. The maximum atomic E-state index is 13.4. The minimum absolute atomic E-state index is 0.0577. The van der Waals surface area contributed by atoms with Gasteiger partial charge in [0.05, 0.1) is 5.41 Å². The average molecular weight is 252 g/mol. The first-order valence-corrected chi connectivity index (χ1v) is 5.86. The Kier molecular flexibility index (Phi) is 2.27. The maximum Gasteiger partial charge on any atom is 0.314 e. The van der Waals surface area contributed by atoms with E-state index in [0.29, 0.717) is 35.5 Å². The standard InChI is InChI=1S/C13H13FO4/c1-7(14)8-4-9(13(2-3-13)12(15)16)11-10(5-8)17-6-18-11/h4-5,7H,2-3,6H2,1H3,(H,15,16). The van der Waals surface area contributed by atoms with Crippen LogP contribution in [-0.4, -0.2) is 17.9 Å². The van der Waals surface area contributed by atoms with Crippen molar-refractivity contribution >= 4 is 5.97 Å². The highest BCUT2D eigenvalue weighted by Gasteiger charge is 2.54. The molecule has 1 aromatic carbocycles. The zero-order valence-corrected chi connectivity index (χ0v) is 9.90. The molecule has 5 heteroatoms.